The second kappa shape index (κ2) is 8.60. The fraction of sp³-hybridized carbons (Fsp3) is 0.400. The lowest BCUT2D eigenvalue weighted by Crippen LogP contribution is -2.54. The summed E-state index contributed by atoms with van der Waals surface area (Å²) in [5.41, 5.74) is -6.21. The van der Waals surface area contributed by atoms with Crippen LogP contribution in [0.5, 0.6) is 0 Å². The maximum atomic E-state index is 12.9. The molecule has 3 rings (SSSR count). The standard InChI is InChI=1S/C20H19F6N3O3S/c1-33(32,11-12-2-3-12)17-7-4-13(9-28-17)8-16(30)29-15-6-5-14(10-27-15)18(31,19(21,22)23)20(24,25)26/h4-7,9-10,12,31H,1-3,8,11H2,(H,27,29,30). The molecule has 1 fully saturated rings. The third kappa shape index (κ3) is 5.46. The van der Waals surface area contributed by atoms with Crippen molar-refractivity contribution in [1.29, 1.82) is 0 Å². The summed E-state index contributed by atoms with van der Waals surface area (Å²) < 4.78 is 90.1. The summed E-state index contributed by atoms with van der Waals surface area (Å²) in [5, 5.41) is 11.9. The number of hydrogen-bond acceptors (Lipinski definition) is 5. The lowest BCUT2D eigenvalue weighted by molar-refractivity contribution is -0.376. The van der Waals surface area contributed by atoms with Gasteiger partial charge in [0.2, 0.25) is 5.91 Å². The molecule has 6 nitrogen and oxygen atoms in total. The molecule has 1 aliphatic carbocycles. The number of carbonyl (C=O) groups excluding carboxylic acids is 1. The maximum absolute atomic E-state index is 12.9. The Hall–Kier alpha value is -2.67. The van der Waals surface area contributed by atoms with Crippen molar-refractivity contribution in [3.63, 3.8) is 0 Å². The van der Waals surface area contributed by atoms with Gasteiger partial charge < -0.3 is 10.4 Å². The first-order chi connectivity index (χ1) is 15.1. The molecule has 0 aliphatic heterocycles. The molecule has 0 radical (unpaired) electrons. The molecule has 0 saturated heterocycles. The molecule has 1 aliphatic rings. The molecule has 0 aromatic carbocycles. The van der Waals surface area contributed by atoms with Gasteiger partial charge in [-0.25, -0.2) is 9.97 Å². The lowest BCUT2D eigenvalue weighted by atomic mass is 9.94. The number of nitrogens with zero attached hydrogens (tertiary/aromatic N) is 2. The van der Waals surface area contributed by atoms with Crippen LogP contribution < -0.4 is 5.32 Å². The van der Waals surface area contributed by atoms with Gasteiger partial charge >= 0.3 is 12.4 Å². The van der Waals surface area contributed by atoms with Gasteiger partial charge in [0.25, 0.3) is 5.60 Å². The molecule has 1 atom stereocenters. The molecule has 13 heteroatoms. The summed E-state index contributed by atoms with van der Waals surface area (Å²) in [6.45, 7) is 0. The van der Waals surface area contributed by atoms with Gasteiger partial charge in [0.05, 0.1) is 6.42 Å². The van der Waals surface area contributed by atoms with E-state index < -0.39 is 38.9 Å². The van der Waals surface area contributed by atoms with Crippen LogP contribution in [0.2, 0.25) is 0 Å². The van der Waals surface area contributed by atoms with E-state index in [1.54, 1.807) is 0 Å². The molecule has 0 spiro atoms. The number of pyridine rings is 2. The topological polar surface area (TPSA) is 92.2 Å². The lowest BCUT2D eigenvalue weighted by Gasteiger charge is -2.32. The van der Waals surface area contributed by atoms with E-state index >= 15 is 0 Å². The van der Waals surface area contributed by atoms with E-state index in [-0.39, 0.29) is 18.4 Å². The van der Waals surface area contributed by atoms with Crippen LogP contribution in [-0.2, 0) is 26.3 Å². The Balaban J connectivity index is 1.66. The largest absolute Gasteiger partial charge is 0.430 e. The molecular formula is C20H19F6N3O3S. The zero-order chi connectivity index (χ0) is 24.7. The highest BCUT2D eigenvalue weighted by Gasteiger charge is 2.71. The van der Waals surface area contributed by atoms with Crippen molar-refractivity contribution >= 4 is 27.1 Å². The summed E-state index contributed by atoms with van der Waals surface area (Å²) in [5.74, 6) is 3.58. The fourth-order valence-corrected chi connectivity index (χ4v) is 4.85. The van der Waals surface area contributed by atoms with Gasteiger partial charge in [-0.15, -0.1) is 0 Å². The molecule has 2 aromatic heterocycles. The van der Waals surface area contributed by atoms with Crippen molar-refractivity contribution < 1.29 is 40.5 Å². The normalized spacial score (nSPS) is 16.8. The number of anilines is 1. The van der Waals surface area contributed by atoms with Crippen molar-refractivity contribution in [3.05, 3.63) is 47.8 Å². The van der Waals surface area contributed by atoms with E-state index in [0.717, 1.165) is 12.8 Å². The predicted molar refractivity (Wildman–Crippen MR) is 108 cm³/mol. The highest BCUT2D eigenvalue weighted by atomic mass is 32.2. The second-order valence-electron chi connectivity index (χ2n) is 7.79. The molecule has 1 unspecified atom stereocenters. The molecule has 180 valence electrons. The van der Waals surface area contributed by atoms with Gasteiger partial charge in [-0.3, -0.25) is 9.00 Å². The van der Waals surface area contributed by atoms with Gasteiger partial charge in [-0.1, -0.05) is 12.1 Å². The fourth-order valence-electron chi connectivity index (χ4n) is 3.03. The van der Waals surface area contributed by atoms with Gasteiger partial charge in [-0.05, 0) is 42.3 Å². The van der Waals surface area contributed by atoms with Crippen LogP contribution in [0.1, 0.15) is 24.0 Å². The van der Waals surface area contributed by atoms with Crippen LogP contribution in [-0.4, -0.2) is 49.2 Å². The van der Waals surface area contributed by atoms with Crippen molar-refractivity contribution in [3.8, 4) is 0 Å². The first-order valence-electron chi connectivity index (χ1n) is 9.55. The van der Waals surface area contributed by atoms with Crippen molar-refractivity contribution in [2.45, 2.75) is 42.2 Å². The molecule has 2 heterocycles. The van der Waals surface area contributed by atoms with Crippen molar-refractivity contribution in [1.82, 2.24) is 9.97 Å². The Bertz CT molecular complexity index is 1100. The Kier molecular flexibility index (Phi) is 6.50. The van der Waals surface area contributed by atoms with Crippen LogP contribution in [0.4, 0.5) is 32.2 Å². The van der Waals surface area contributed by atoms with E-state index in [4.69, 9.17) is 0 Å². The zero-order valence-corrected chi connectivity index (χ0v) is 17.7. The first-order valence-corrected chi connectivity index (χ1v) is 11.5. The molecule has 33 heavy (non-hydrogen) atoms. The number of amides is 1. The second-order valence-corrected chi connectivity index (χ2v) is 10.2. The number of hydrogen-bond donors (Lipinski definition) is 2. The SMILES string of the molecule is C=S(=O)(CC1CC1)c1ccc(CC(=O)Nc2ccc(C(O)(C(F)(F)F)C(F)(F)F)cn2)cn1. The van der Waals surface area contributed by atoms with Crippen LogP contribution in [0, 0.1) is 5.92 Å². The Morgan fingerprint density at radius 3 is 2.15 bits per heavy atom. The summed E-state index contributed by atoms with van der Waals surface area (Å²) in [7, 11) is -2.53. The van der Waals surface area contributed by atoms with Crippen LogP contribution in [0.25, 0.3) is 0 Å². The number of aromatic nitrogens is 2. The summed E-state index contributed by atoms with van der Waals surface area (Å²) in [6.07, 6.45) is -8.75. The molecule has 2 aromatic rings. The number of nitrogens with one attached hydrogen (secondary N) is 1. The number of carbonyl (C=O) groups is 1. The average molecular weight is 495 g/mol. The molecule has 2 N–H and O–H groups in total. The summed E-state index contributed by atoms with van der Waals surface area (Å²) >= 11 is 0. The highest BCUT2D eigenvalue weighted by molar-refractivity contribution is 8.00. The number of alkyl halides is 6. The molecular weight excluding hydrogens is 476 g/mol. The maximum Gasteiger partial charge on any atom is 0.430 e. The third-order valence-electron chi connectivity index (χ3n) is 5.01. The minimum atomic E-state index is -6.03. The van der Waals surface area contributed by atoms with Crippen LogP contribution >= 0.6 is 0 Å². The highest BCUT2D eigenvalue weighted by Crippen LogP contribution is 2.49. The summed E-state index contributed by atoms with van der Waals surface area (Å²) in [4.78, 5) is 19.6. The van der Waals surface area contributed by atoms with E-state index in [9.17, 15) is 40.5 Å². The average Bonchev–Trinajstić information content (AvgIpc) is 3.50. The number of halogens is 6. The van der Waals surface area contributed by atoms with Gasteiger partial charge in [0.15, 0.2) is 0 Å². The third-order valence-corrected chi connectivity index (χ3v) is 7.03. The Labute approximate surface area is 185 Å². The van der Waals surface area contributed by atoms with Gasteiger partial charge in [-0.2, -0.15) is 26.3 Å². The van der Waals surface area contributed by atoms with Crippen LogP contribution in [0.15, 0.2) is 41.7 Å². The molecule has 0 bridgehead atoms. The minimum Gasteiger partial charge on any atom is -0.369 e. The van der Waals surface area contributed by atoms with E-state index in [0.29, 0.717) is 34.4 Å². The van der Waals surface area contributed by atoms with E-state index in [1.807, 2.05) is 0 Å². The zero-order valence-electron chi connectivity index (χ0n) is 16.9. The van der Waals surface area contributed by atoms with E-state index in [2.05, 4.69) is 21.2 Å². The monoisotopic (exact) mass is 495 g/mol. The van der Waals surface area contributed by atoms with Crippen LogP contribution in [0.3, 0.4) is 0 Å². The molecule has 1 saturated carbocycles. The van der Waals surface area contributed by atoms with Crippen molar-refractivity contribution in [2.24, 2.45) is 5.92 Å². The number of rotatable bonds is 7. The number of aliphatic hydroxyl groups is 1. The quantitative estimate of drug-likeness (QED) is 0.454. The first kappa shape index (κ1) is 25.0. The Morgan fingerprint density at radius 1 is 1.06 bits per heavy atom. The Morgan fingerprint density at radius 2 is 1.70 bits per heavy atom. The van der Waals surface area contributed by atoms with E-state index in [1.165, 1.54) is 18.3 Å². The smallest absolute Gasteiger partial charge is 0.369 e. The van der Waals surface area contributed by atoms with Gasteiger partial charge in [0.1, 0.15) is 10.8 Å². The van der Waals surface area contributed by atoms with Gasteiger partial charge in [0, 0.05) is 33.2 Å². The van der Waals surface area contributed by atoms with Crippen molar-refractivity contribution in [2.75, 3.05) is 11.1 Å². The summed E-state index contributed by atoms with van der Waals surface area (Å²) in [6, 6.07) is 4.13. The minimum absolute atomic E-state index is 0.192. The predicted octanol–water partition coefficient (Wildman–Crippen LogP) is 3.46. The molecule has 1 amide bonds.